The van der Waals surface area contributed by atoms with Crippen molar-refractivity contribution in [1.29, 1.82) is 5.26 Å². The van der Waals surface area contributed by atoms with Gasteiger partial charge in [0.2, 0.25) is 11.8 Å². The summed E-state index contributed by atoms with van der Waals surface area (Å²) in [6, 6.07) is 4.82. The molecule has 30 heavy (non-hydrogen) atoms. The number of carbonyl (C=O) groups is 3. The topological polar surface area (TPSA) is 141 Å². The summed E-state index contributed by atoms with van der Waals surface area (Å²) in [7, 11) is 0. The minimum absolute atomic E-state index is 0.0219. The van der Waals surface area contributed by atoms with Gasteiger partial charge in [-0.3, -0.25) is 14.4 Å². The first-order chi connectivity index (χ1) is 14.4. The number of nitriles is 1. The zero-order valence-corrected chi connectivity index (χ0v) is 17.1. The first kappa shape index (κ1) is 21.4. The number of H-pyrrole nitrogens is 1. The van der Waals surface area contributed by atoms with Gasteiger partial charge in [0.15, 0.2) is 17.3 Å². The highest BCUT2D eigenvalue weighted by atomic mass is 16.2. The second kappa shape index (κ2) is 9.48. The van der Waals surface area contributed by atoms with E-state index in [0.29, 0.717) is 30.6 Å². The molecule has 2 amide bonds. The van der Waals surface area contributed by atoms with Crippen LogP contribution in [0.3, 0.4) is 0 Å². The fraction of sp³-hybridized carbons (Fsp3) is 0.524. The van der Waals surface area contributed by atoms with E-state index in [1.165, 1.54) is 0 Å². The van der Waals surface area contributed by atoms with Crippen LogP contribution in [0.4, 0.5) is 0 Å². The maximum absolute atomic E-state index is 12.9. The number of nitrogens with zero attached hydrogens (tertiary/aromatic N) is 3. The zero-order chi connectivity index (χ0) is 21.7. The monoisotopic (exact) mass is 410 g/mol. The Bertz CT molecular complexity index is 944. The van der Waals surface area contributed by atoms with E-state index in [4.69, 9.17) is 0 Å². The molecule has 1 aliphatic heterocycles. The summed E-state index contributed by atoms with van der Waals surface area (Å²) in [5, 5.41) is 14.9. The summed E-state index contributed by atoms with van der Waals surface area (Å²) in [5.74, 6) is -1.22. The van der Waals surface area contributed by atoms with E-state index in [1.54, 1.807) is 18.3 Å². The van der Waals surface area contributed by atoms with Gasteiger partial charge >= 0.3 is 0 Å². The predicted octanol–water partition coefficient (Wildman–Crippen LogP) is 1.73. The summed E-state index contributed by atoms with van der Waals surface area (Å²) >= 11 is 0. The highest BCUT2D eigenvalue weighted by molar-refractivity contribution is 5.97. The average Bonchev–Trinajstić information content (AvgIpc) is 3.32. The molecule has 158 valence electrons. The Balaban J connectivity index is 1.67. The Morgan fingerprint density at radius 3 is 2.83 bits per heavy atom. The van der Waals surface area contributed by atoms with E-state index in [2.05, 4.69) is 31.7 Å². The van der Waals surface area contributed by atoms with Gasteiger partial charge in [0.25, 0.3) is 0 Å². The molecule has 2 aromatic heterocycles. The predicted molar refractivity (Wildman–Crippen MR) is 109 cm³/mol. The quantitative estimate of drug-likeness (QED) is 0.538. The van der Waals surface area contributed by atoms with Crippen LogP contribution in [0.25, 0.3) is 11.2 Å². The van der Waals surface area contributed by atoms with Crippen molar-refractivity contribution in [3.8, 4) is 6.07 Å². The van der Waals surface area contributed by atoms with Crippen molar-refractivity contribution in [2.45, 2.75) is 45.6 Å². The molecule has 9 nitrogen and oxygen atoms in total. The lowest BCUT2D eigenvalue weighted by Crippen LogP contribution is -2.41. The number of ketones is 1. The smallest absolute Gasteiger partial charge is 0.224 e. The molecule has 1 saturated heterocycles. The van der Waals surface area contributed by atoms with Crippen molar-refractivity contribution in [3.05, 3.63) is 24.2 Å². The summed E-state index contributed by atoms with van der Waals surface area (Å²) < 4.78 is 0. The Morgan fingerprint density at radius 2 is 2.20 bits per heavy atom. The number of Topliss-reactive ketones (excluding diaryl/α,β-unsaturated/α-hetero) is 1. The van der Waals surface area contributed by atoms with Crippen LogP contribution >= 0.6 is 0 Å². The van der Waals surface area contributed by atoms with Crippen LogP contribution in [-0.4, -0.2) is 45.1 Å². The standard InChI is InChI=1S/C21H26N6O3/c1-12(2)8-14(10-17(28)19-26-16-4-3-6-23-18(16)27-19)21(30)25-15(11-22)9-13-5-7-24-20(13)29/h3-4,6,12-15H,5,7-10H2,1-2H3,(H,24,29)(H,25,30)(H,23,26,27). The summed E-state index contributed by atoms with van der Waals surface area (Å²) in [5.41, 5.74) is 1.11. The number of hydrogen-bond acceptors (Lipinski definition) is 6. The number of pyridine rings is 1. The molecule has 0 radical (unpaired) electrons. The van der Waals surface area contributed by atoms with E-state index < -0.39 is 12.0 Å². The van der Waals surface area contributed by atoms with Crippen molar-refractivity contribution in [2.24, 2.45) is 17.8 Å². The van der Waals surface area contributed by atoms with E-state index in [9.17, 15) is 19.6 Å². The van der Waals surface area contributed by atoms with Gasteiger partial charge in [0, 0.05) is 31.0 Å². The number of fused-ring (bicyclic) bond motifs is 1. The summed E-state index contributed by atoms with van der Waals surface area (Å²) in [6.45, 7) is 4.54. The van der Waals surface area contributed by atoms with Crippen LogP contribution in [-0.2, 0) is 9.59 Å². The van der Waals surface area contributed by atoms with E-state index in [0.717, 1.165) is 0 Å². The van der Waals surface area contributed by atoms with E-state index >= 15 is 0 Å². The molecule has 0 spiro atoms. The fourth-order valence-corrected chi connectivity index (χ4v) is 3.74. The van der Waals surface area contributed by atoms with Crippen LogP contribution in [0.2, 0.25) is 0 Å². The second-order valence-electron chi connectivity index (χ2n) is 8.12. The van der Waals surface area contributed by atoms with Gasteiger partial charge in [0.1, 0.15) is 6.04 Å². The van der Waals surface area contributed by atoms with Crippen LogP contribution in [0.1, 0.15) is 50.1 Å². The van der Waals surface area contributed by atoms with Crippen molar-refractivity contribution in [2.75, 3.05) is 6.54 Å². The number of aromatic nitrogens is 3. The van der Waals surface area contributed by atoms with Gasteiger partial charge in [-0.2, -0.15) is 5.26 Å². The third kappa shape index (κ3) is 5.20. The molecule has 0 saturated carbocycles. The normalized spacial score (nSPS) is 18.1. The number of hydrogen-bond donors (Lipinski definition) is 3. The minimum atomic E-state index is -0.772. The Morgan fingerprint density at radius 1 is 1.40 bits per heavy atom. The van der Waals surface area contributed by atoms with Crippen molar-refractivity contribution in [3.63, 3.8) is 0 Å². The number of nitrogens with one attached hydrogen (secondary N) is 3. The third-order valence-corrected chi connectivity index (χ3v) is 5.24. The second-order valence-corrected chi connectivity index (χ2v) is 8.12. The molecule has 0 aliphatic carbocycles. The number of rotatable bonds is 9. The van der Waals surface area contributed by atoms with Gasteiger partial charge in [-0.15, -0.1) is 0 Å². The number of amides is 2. The van der Waals surface area contributed by atoms with Crippen LogP contribution < -0.4 is 10.6 Å². The molecule has 3 atom stereocenters. The number of carbonyl (C=O) groups excluding carboxylic acids is 3. The Kier molecular flexibility index (Phi) is 6.77. The van der Waals surface area contributed by atoms with E-state index in [1.807, 2.05) is 13.8 Å². The molecular formula is C21H26N6O3. The Labute approximate surface area is 174 Å². The molecule has 9 heteroatoms. The molecule has 3 N–H and O–H groups in total. The molecule has 1 fully saturated rings. The average molecular weight is 410 g/mol. The van der Waals surface area contributed by atoms with Crippen molar-refractivity contribution < 1.29 is 14.4 Å². The molecule has 0 aromatic carbocycles. The molecule has 3 rings (SSSR count). The lowest BCUT2D eigenvalue weighted by molar-refractivity contribution is -0.127. The molecular weight excluding hydrogens is 384 g/mol. The summed E-state index contributed by atoms with van der Waals surface area (Å²) in [6.07, 6.45) is 3.00. The maximum atomic E-state index is 12.9. The minimum Gasteiger partial charge on any atom is -0.356 e. The highest BCUT2D eigenvalue weighted by Crippen LogP contribution is 2.21. The fourth-order valence-electron chi connectivity index (χ4n) is 3.74. The summed E-state index contributed by atoms with van der Waals surface area (Å²) in [4.78, 5) is 48.7. The third-order valence-electron chi connectivity index (χ3n) is 5.24. The zero-order valence-electron chi connectivity index (χ0n) is 17.1. The van der Waals surface area contributed by atoms with Crippen LogP contribution in [0, 0.1) is 29.1 Å². The largest absolute Gasteiger partial charge is 0.356 e. The first-order valence-electron chi connectivity index (χ1n) is 10.2. The molecule has 1 aliphatic rings. The van der Waals surface area contributed by atoms with Gasteiger partial charge < -0.3 is 15.6 Å². The van der Waals surface area contributed by atoms with Crippen molar-refractivity contribution in [1.82, 2.24) is 25.6 Å². The molecule has 2 aromatic rings. The van der Waals surface area contributed by atoms with Gasteiger partial charge in [-0.25, -0.2) is 9.97 Å². The maximum Gasteiger partial charge on any atom is 0.224 e. The number of aromatic amines is 1. The molecule has 0 bridgehead atoms. The van der Waals surface area contributed by atoms with E-state index in [-0.39, 0.29) is 48.1 Å². The van der Waals surface area contributed by atoms with Gasteiger partial charge in [0.05, 0.1) is 11.6 Å². The first-order valence-corrected chi connectivity index (χ1v) is 10.2. The SMILES string of the molecule is CC(C)CC(CC(=O)c1nc2ncccc2[nH]1)C(=O)NC(C#N)CC1CCNC1=O. The lowest BCUT2D eigenvalue weighted by atomic mass is 9.90. The van der Waals surface area contributed by atoms with Gasteiger partial charge in [-0.05, 0) is 37.3 Å². The lowest BCUT2D eigenvalue weighted by Gasteiger charge is -2.21. The number of imidazole rings is 1. The highest BCUT2D eigenvalue weighted by Gasteiger charge is 2.30. The Hall–Kier alpha value is -3.28. The van der Waals surface area contributed by atoms with Crippen LogP contribution in [0.15, 0.2) is 18.3 Å². The van der Waals surface area contributed by atoms with Gasteiger partial charge in [-0.1, -0.05) is 13.8 Å². The molecule has 3 unspecified atom stereocenters. The molecule has 3 heterocycles. The van der Waals surface area contributed by atoms with Crippen LogP contribution in [0.5, 0.6) is 0 Å². The van der Waals surface area contributed by atoms with Crippen molar-refractivity contribution >= 4 is 28.8 Å².